The second-order valence-electron chi connectivity index (χ2n) is 4.37. The van der Waals surface area contributed by atoms with E-state index in [9.17, 15) is 9.59 Å². The van der Waals surface area contributed by atoms with Crippen LogP contribution in [0.25, 0.3) is 0 Å². The molecule has 1 rings (SSSR count). The molecule has 1 aromatic rings. The zero-order valence-corrected chi connectivity index (χ0v) is 13.2. The Bertz CT molecular complexity index is 457. The lowest BCUT2D eigenvalue weighted by Gasteiger charge is -2.07. The number of nitrogens with one attached hydrogen (secondary N) is 2. The Labute approximate surface area is 127 Å². The van der Waals surface area contributed by atoms with Crippen molar-refractivity contribution in [2.75, 3.05) is 26.8 Å². The summed E-state index contributed by atoms with van der Waals surface area (Å²) in [4.78, 5) is 23.3. The predicted molar refractivity (Wildman–Crippen MR) is 80.7 cm³/mol. The highest BCUT2D eigenvalue weighted by Crippen LogP contribution is 2.15. The molecule has 0 saturated carbocycles. The summed E-state index contributed by atoms with van der Waals surface area (Å²) >= 11 is 3.35. The van der Waals surface area contributed by atoms with E-state index in [1.54, 1.807) is 19.2 Å². The maximum atomic E-state index is 11.9. The van der Waals surface area contributed by atoms with Crippen molar-refractivity contribution in [3.05, 3.63) is 33.8 Å². The fourth-order valence-corrected chi connectivity index (χ4v) is 2.25. The van der Waals surface area contributed by atoms with Gasteiger partial charge in [0.25, 0.3) is 5.91 Å². The minimum absolute atomic E-state index is 0.104. The molecule has 6 heteroatoms. The molecular formula is C14H19BrN2O3. The summed E-state index contributed by atoms with van der Waals surface area (Å²) < 4.78 is 5.69. The first-order valence-electron chi connectivity index (χ1n) is 6.34. The Balaban J connectivity index is 2.34. The predicted octanol–water partition coefficient (Wildman–Crippen LogP) is 1.64. The summed E-state index contributed by atoms with van der Waals surface area (Å²) in [5.74, 6) is -0.285. The molecule has 0 atom stereocenters. The van der Waals surface area contributed by atoms with Crippen LogP contribution >= 0.6 is 15.9 Å². The van der Waals surface area contributed by atoms with Gasteiger partial charge in [-0.1, -0.05) is 15.9 Å². The largest absolute Gasteiger partial charge is 0.383 e. The number of halogens is 1. The molecule has 0 saturated heterocycles. The van der Waals surface area contributed by atoms with E-state index in [-0.39, 0.29) is 18.2 Å². The molecule has 5 nitrogen and oxygen atoms in total. The van der Waals surface area contributed by atoms with E-state index in [4.69, 9.17) is 4.74 Å². The van der Waals surface area contributed by atoms with Gasteiger partial charge in [-0.05, 0) is 30.7 Å². The Kier molecular flexibility index (Phi) is 7.25. The summed E-state index contributed by atoms with van der Waals surface area (Å²) in [6, 6.07) is 5.49. The number of hydrogen-bond donors (Lipinski definition) is 2. The summed E-state index contributed by atoms with van der Waals surface area (Å²) in [5, 5.41) is 5.42. The molecule has 0 unspecified atom stereocenters. The van der Waals surface area contributed by atoms with Gasteiger partial charge in [0.1, 0.15) is 0 Å². The summed E-state index contributed by atoms with van der Waals surface area (Å²) in [5.41, 5.74) is 1.58. The molecule has 0 radical (unpaired) electrons. The second-order valence-corrected chi connectivity index (χ2v) is 5.28. The van der Waals surface area contributed by atoms with Crippen molar-refractivity contribution in [2.45, 2.75) is 13.3 Å². The van der Waals surface area contributed by atoms with Gasteiger partial charge in [-0.2, -0.15) is 0 Å². The van der Waals surface area contributed by atoms with Crippen molar-refractivity contribution in [1.82, 2.24) is 10.6 Å². The molecule has 0 aliphatic carbocycles. The molecule has 2 amide bonds. The van der Waals surface area contributed by atoms with E-state index in [1.165, 1.54) is 0 Å². The van der Waals surface area contributed by atoms with Gasteiger partial charge < -0.3 is 15.4 Å². The smallest absolute Gasteiger partial charge is 0.251 e. The highest BCUT2D eigenvalue weighted by Gasteiger charge is 2.07. The van der Waals surface area contributed by atoms with E-state index in [1.807, 2.05) is 13.0 Å². The highest BCUT2D eigenvalue weighted by atomic mass is 79.9. The molecule has 0 fully saturated rings. The minimum Gasteiger partial charge on any atom is -0.383 e. The molecule has 1 aromatic carbocycles. The number of amides is 2. The molecule has 0 bridgehead atoms. The SMILES string of the molecule is COCCNC(=O)CCNC(=O)c1cc(C)cc(Br)c1. The lowest BCUT2D eigenvalue weighted by molar-refractivity contribution is -0.121. The van der Waals surface area contributed by atoms with Crippen LogP contribution in [-0.2, 0) is 9.53 Å². The van der Waals surface area contributed by atoms with Crippen molar-refractivity contribution in [2.24, 2.45) is 0 Å². The maximum Gasteiger partial charge on any atom is 0.251 e. The van der Waals surface area contributed by atoms with Gasteiger partial charge in [-0.15, -0.1) is 0 Å². The van der Waals surface area contributed by atoms with E-state index < -0.39 is 0 Å². The van der Waals surface area contributed by atoms with Crippen LogP contribution in [0, 0.1) is 6.92 Å². The van der Waals surface area contributed by atoms with Gasteiger partial charge >= 0.3 is 0 Å². The Morgan fingerprint density at radius 1 is 1.20 bits per heavy atom. The van der Waals surface area contributed by atoms with Crippen LogP contribution in [0.4, 0.5) is 0 Å². The molecule has 110 valence electrons. The summed E-state index contributed by atoms with van der Waals surface area (Å²) in [6.07, 6.45) is 0.252. The fourth-order valence-electron chi connectivity index (χ4n) is 1.64. The standard InChI is InChI=1S/C14H19BrN2O3/c1-10-7-11(9-12(15)8-10)14(19)17-4-3-13(18)16-5-6-20-2/h7-9H,3-6H2,1-2H3,(H,16,18)(H,17,19). The quantitative estimate of drug-likeness (QED) is 0.740. The molecular weight excluding hydrogens is 324 g/mol. The first-order valence-corrected chi connectivity index (χ1v) is 7.13. The van der Waals surface area contributed by atoms with Gasteiger partial charge in [-0.3, -0.25) is 9.59 Å². The second kappa shape index (κ2) is 8.71. The van der Waals surface area contributed by atoms with Gasteiger partial charge in [0.2, 0.25) is 5.91 Å². The van der Waals surface area contributed by atoms with Gasteiger partial charge in [0.05, 0.1) is 6.61 Å². The average Bonchev–Trinajstić information content (AvgIpc) is 2.37. The number of carbonyl (C=O) groups excluding carboxylic acids is 2. The normalized spacial score (nSPS) is 10.2. The van der Waals surface area contributed by atoms with E-state index in [0.717, 1.165) is 10.0 Å². The molecule has 0 aliphatic heterocycles. The van der Waals surface area contributed by atoms with Crippen LogP contribution in [0.1, 0.15) is 22.3 Å². The minimum atomic E-state index is -0.181. The molecule has 0 aromatic heterocycles. The van der Waals surface area contributed by atoms with Crippen molar-refractivity contribution in [1.29, 1.82) is 0 Å². The van der Waals surface area contributed by atoms with Crippen LogP contribution in [-0.4, -0.2) is 38.6 Å². The van der Waals surface area contributed by atoms with E-state index in [2.05, 4.69) is 26.6 Å². The van der Waals surface area contributed by atoms with Gasteiger partial charge in [-0.25, -0.2) is 0 Å². The third-order valence-electron chi connectivity index (χ3n) is 2.57. The van der Waals surface area contributed by atoms with Crippen LogP contribution in [0.15, 0.2) is 22.7 Å². The number of aryl methyl sites for hydroxylation is 1. The zero-order valence-electron chi connectivity index (χ0n) is 11.7. The summed E-state index contributed by atoms with van der Waals surface area (Å²) in [7, 11) is 1.58. The lowest BCUT2D eigenvalue weighted by Crippen LogP contribution is -2.32. The van der Waals surface area contributed by atoms with Crippen LogP contribution < -0.4 is 10.6 Å². The van der Waals surface area contributed by atoms with Gasteiger partial charge in [0.15, 0.2) is 0 Å². The monoisotopic (exact) mass is 342 g/mol. The Morgan fingerprint density at radius 3 is 2.60 bits per heavy atom. The first kappa shape index (κ1) is 16.7. The van der Waals surface area contributed by atoms with E-state index >= 15 is 0 Å². The molecule has 0 aliphatic rings. The lowest BCUT2D eigenvalue weighted by atomic mass is 10.1. The average molecular weight is 343 g/mol. The topological polar surface area (TPSA) is 67.4 Å². The van der Waals surface area contributed by atoms with Crippen LogP contribution in [0.2, 0.25) is 0 Å². The number of benzene rings is 1. The van der Waals surface area contributed by atoms with E-state index in [0.29, 0.717) is 25.3 Å². The van der Waals surface area contributed by atoms with Crippen LogP contribution in [0.5, 0.6) is 0 Å². The van der Waals surface area contributed by atoms with Gasteiger partial charge in [0, 0.05) is 36.7 Å². The van der Waals surface area contributed by atoms with Crippen molar-refractivity contribution >= 4 is 27.7 Å². The molecule has 0 spiro atoms. The number of carbonyl (C=O) groups is 2. The highest BCUT2D eigenvalue weighted by molar-refractivity contribution is 9.10. The number of ether oxygens (including phenoxy) is 1. The fraction of sp³-hybridized carbons (Fsp3) is 0.429. The third-order valence-corrected chi connectivity index (χ3v) is 3.03. The maximum absolute atomic E-state index is 11.9. The first-order chi connectivity index (χ1) is 9.52. The van der Waals surface area contributed by atoms with Crippen molar-refractivity contribution in [3.63, 3.8) is 0 Å². The van der Waals surface area contributed by atoms with Crippen LogP contribution in [0.3, 0.4) is 0 Å². The molecule has 2 N–H and O–H groups in total. The molecule has 0 heterocycles. The zero-order chi connectivity index (χ0) is 15.0. The third kappa shape index (κ3) is 6.16. The number of rotatable bonds is 7. The Hall–Kier alpha value is -1.40. The number of methoxy groups -OCH3 is 1. The molecule has 20 heavy (non-hydrogen) atoms. The van der Waals surface area contributed by atoms with Crippen molar-refractivity contribution < 1.29 is 14.3 Å². The number of hydrogen-bond acceptors (Lipinski definition) is 3. The Morgan fingerprint density at radius 2 is 1.95 bits per heavy atom. The summed E-state index contributed by atoms with van der Waals surface area (Å²) in [6.45, 7) is 3.19. The van der Waals surface area contributed by atoms with Crippen molar-refractivity contribution in [3.8, 4) is 0 Å².